The van der Waals surface area contributed by atoms with Gasteiger partial charge in [-0.15, -0.1) is 0 Å². The van der Waals surface area contributed by atoms with Gasteiger partial charge >= 0.3 is 0 Å². The van der Waals surface area contributed by atoms with Crippen LogP contribution in [-0.4, -0.2) is 10.0 Å². The third-order valence-corrected chi connectivity index (χ3v) is 2.77. The van der Waals surface area contributed by atoms with Crippen LogP contribution >= 0.6 is 0 Å². The average Bonchev–Trinajstić information content (AvgIpc) is 2.40. The van der Waals surface area contributed by atoms with E-state index in [1.54, 1.807) is 18.2 Å². The molecule has 5 heteroatoms. The quantitative estimate of drug-likeness (QED) is 0.652. The van der Waals surface area contributed by atoms with Gasteiger partial charge in [-0.2, -0.15) is 0 Å². The molecule has 0 fully saturated rings. The van der Waals surface area contributed by atoms with Gasteiger partial charge in [0.1, 0.15) is 5.75 Å². The standard InChI is InChI=1S/C14H14N2O3/c1-10-5-6-14(17)11(7-10)9-15-12-3-2-4-13(8-12)16(18)19/h2-8,15,17H,9H2,1H3. The molecule has 0 aliphatic carbocycles. The van der Waals surface area contributed by atoms with Crippen LogP contribution in [0.4, 0.5) is 11.4 Å². The van der Waals surface area contributed by atoms with Crippen LogP contribution in [0.5, 0.6) is 5.75 Å². The monoisotopic (exact) mass is 258 g/mol. The molecule has 2 N–H and O–H groups in total. The van der Waals surface area contributed by atoms with Crippen LogP contribution in [0, 0.1) is 17.0 Å². The molecule has 0 aliphatic rings. The van der Waals surface area contributed by atoms with E-state index in [-0.39, 0.29) is 11.4 Å². The lowest BCUT2D eigenvalue weighted by Crippen LogP contribution is -2.00. The van der Waals surface area contributed by atoms with Crippen LogP contribution in [-0.2, 0) is 6.54 Å². The maximum absolute atomic E-state index is 10.7. The summed E-state index contributed by atoms with van der Waals surface area (Å²) in [6.07, 6.45) is 0. The Morgan fingerprint density at radius 2 is 2.05 bits per heavy atom. The number of hydrogen-bond donors (Lipinski definition) is 2. The van der Waals surface area contributed by atoms with E-state index in [0.29, 0.717) is 12.2 Å². The highest BCUT2D eigenvalue weighted by atomic mass is 16.6. The Morgan fingerprint density at radius 1 is 1.26 bits per heavy atom. The first-order valence-corrected chi connectivity index (χ1v) is 5.83. The molecule has 0 bridgehead atoms. The summed E-state index contributed by atoms with van der Waals surface area (Å²) in [5, 5.41) is 23.4. The number of nitro benzene ring substituents is 1. The summed E-state index contributed by atoms with van der Waals surface area (Å²) in [6, 6.07) is 11.6. The molecule has 0 spiro atoms. The Morgan fingerprint density at radius 3 is 2.79 bits per heavy atom. The largest absolute Gasteiger partial charge is 0.508 e. The van der Waals surface area contributed by atoms with Gasteiger partial charge in [-0.25, -0.2) is 0 Å². The number of non-ortho nitro benzene ring substituents is 1. The summed E-state index contributed by atoms with van der Waals surface area (Å²) in [6.45, 7) is 2.35. The van der Waals surface area contributed by atoms with E-state index in [9.17, 15) is 15.2 Å². The zero-order valence-corrected chi connectivity index (χ0v) is 10.5. The summed E-state index contributed by atoms with van der Waals surface area (Å²) in [7, 11) is 0. The number of aromatic hydroxyl groups is 1. The van der Waals surface area contributed by atoms with Gasteiger partial charge in [0.15, 0.2) is 0 Å². The summed E-state index contributed by atoms with van der Waals surface area (Å²) in [5.41, 5.74) is 2.49. The number of nitrogens with one attached hydrogen (secondary N) is 1. The Hall–Kier alpha value is -2.56. The molecule has 0 aliphatic heterocycles. The van der Waals surface area contributed by atoms with Crippen LogP contribution in [0.25, 0.3) is 0 Å². The van der Waals surface area contributed by atoms with Crippen molar-refractivity contribution in [2.45, 2.75) is 13.5 Å². The number of benzene rings is 2. The molecule has 0 atom stereocenters. The molecule has 2 rings (SSSR count). The molecule has 0 saturated heterocycles. The number of phenolic OH excluding ortho intramolecular Hbond substituents is 1. The van der Waals surface area contributed by atoms with Crippen LogP contribution in [0.3, 0.4) is 0 Å². The second-order valence-corrected chi connectivity index (χ2v) is 4.29. The van der Waals surface area contributed by atoms with Crippen LogP contribution < -0.4 is 5.32 Å². The molecule has 98 valence electrons. The maximum atomic E-state index is 10.7. The highest BCUT2D eigenvalue weighted by Crippen LogP contribution is 2.21. The van der Waals surface area contributed by atoms with Gasteiger partial charge in [0, 0.05) is 29.9 Å². The molecule has 2 aromatic carbocycles. The molecular formula is C14H14N2O3. The molecule has 19 heavy (non-hydrogen) atoms. The highest BCUT2D eigenvalue weighted by Gasteiger charge is 2.06. The Labute approximate surface area is 110 Å². The van der Waals surface area contributed by atoms with E-state index in [4.69, 9.17) is 0 Å². The molecule has 2 aromatic rings. The zero-order valence-electron chi connectivity index (χ0n) is 10.5. The van der Waals surface area contributed by atoms with E-state index < -0.39 is 4.92 Å². The van der Waals surface area contributed by atoms with Crippen molar-refractivity contribution in [2.24, 2.45) is 0 Å². The summed E-state index contributed by atoms with van der Waals surface area (Å²) in [4.78, 5) is 10.2. The number of rotatable bonds is 4. The second-order valence-electron chi connectivity index (χ2n) is 4.29. The first kappa shape index (κ1) is 12.9. The van der Waals surface area contributed by atoms with Crippen molar-refractivity contribution >= 4 is 11.4 Å². The average molecular weight is 258 g/mol. The highest BCUT2D eigenvalue weighted by molar-refractivity contribution is 5.52. The normalized spacial score (nSPS) is 10.2. The molecule has 0 heterocycles. The maximum Gasteiger partial charge on any atom is 0.271 e. The van der Waals surface area contributed by atoms with Gasteiger partial charge in [-0.1, -0.05) is 23.8 Å². The molecular weight excluding hydrogens is 244 g/mol. The van der Waals surface area contributed by atoms with E-state index in [2.05, 4.69) is 5.32 Å². The first-order valence-electron chi connectivity index (χ1n) is 5.83. The third-order valence-electron chi connectivity index (χ3n) is 2.77. The number of phenols is 1. The minimum atomic E-state index is -0.435. The fraction of sp³-hybridized carbons (Fsp3) is 0.143. The van der Waals surface area contributed by atoms with Crippen molar-refractivity contribution in [1.29, 1.82) is 0 Å². The number of nitro groups is 1. The van der Waals surface area contributed by atoms with Gasteiger partial charge in [0.25, 0.3) is 5.69 Å². The lowest BCUT2D eigenvalue weighted by atomic mass is 10.1. The Bertz CT molecular complexity index is 611. The second kappa shape index (κ2) is 5.39. The van der Waals surface area contributed by atoms with Gasteiger partial charge < -0.3 is 10.4 Å². The van der Waals surface area contributed by atoms with E-state index in [1.165, 1.54) is 12.1 Å². The minimum Gasteiger partial charge on any atom is -0.508 e. The predicted octanol–water partition coefficient (Wildman–Crippen LogP) is 3.22. The fourth-order valence-electron chi connectivity index (χ4n) is 1.78. The van der Waals surface area contributed by atoms with E-state index in [0.717, 1.165) is 11.1 Å². The summed E-state index contributed by atoms with van der Waals surface area (Å²) in [5.74, 6) is 0.212. The van der Waals surface area contributed by atoms with Crippen molar-refractivity contribution in [2.75, 3.05) is 5.32 Å². The van der Waals surface area contributed by atoms with Crippen molar-refractivity contribution in [3.05, 3.63) is 63.7 Å². The Balaban J connectivity index is 2.12. The van der Waals surface area contributed by atoms with Gasteiger partial charge in [0.05, 0.1) is 4.92 Å². The topological polar surface area (TPSA) is 75.4 Å². The van der Waals surface area contributed by atoms with Gasteiger partial charge in [-0.3, -0.25) is 10.1 Å². The smallest absolute Gasteiger partial charge is 0.271 e. The summed E-state index contributed by atoms with van der Waals surface area (Å²) >= 11 is 0. The van der Waals surface area contributed by atoms with Crippen LogP contribution in [0.2, 0.25) is 0 Å². The molecule has 0 unspecified atom stereocenters. The molecule has 5 nitrogen and oxygen atoms in total. The predicted molar refractivity (Wildman–Crippen MR) is 73.3 cm³/mol. The van der Waals surface area contributed by atoms with Crippen molar-refractivity contribution in [3.63, 3.8) is 0 Å². The molecule has 0 aromatic heterocycles. The van der Waals surface area contributed by atoms with Crippen LogP contribution in [0.1, 0.15) is 11.1 Å². The van der Waals surface area contributed by atoms with Crippen LogP contribution in [0.15, 0.2) is 42.5 Å². The van der Waals surface area contributed by atoms with Gasteiger partial charge in [-0.05, 0) is 19.1 Å². The number of anilines is 1. The van der Waals surface area contributed by atoms with E-state index in [1.807, 2.05) is 19.1 Å². The van der Waals surface area contributed by atoms with Crippen molar-refractivity contribution < 1.29 is 10.0 Å². The van der Waals surface area contributed by atoms with E-state index >= 15 is 0 Å². The zero-order chi connectivity index (χ0) is 13.8. The molecule has 0 amide bonds. The molecule has 0 radical (unpaired) electrons. The van der Waals surface area contributed by atoms with Crippen molar-refractivity contribution in [1.82, 2.24) is 0 Å². The van der Waals surface area contributed by atoms with Gasteiger partial charge in [0.2, 0.25) is 0 Å². The lowest BCUT2D eigenvalue weighted by Gasteiger charge is -2.08. The minimum absolute atomic E-state index is 0.0402. The third kappa shape index (κ3) is 3.22. The summed E-state index contributed by atoms with van der Waals surface area (Å²) < 4.78 is 0. The Kier molecular flexibility index (Phi) is 3.66. The number of nitrogens with zero attached hydrogens (tertiary/aromatic N) is 1. The number of aryl methyl sites for hydroxylation is 1. The SMILES string of the molecule is Cc1ccc(O)c(CNc2cccc([N+](=O)[O-])c2)c1. The lowest BCUT2D eigenvalue weighted by molar-refractivity contribution is -0.384. The van der Waals surface area contributed by atoms with Crippen molar-refractivity contribution in [3.8, 4) is 5.75 Å². The molecule has 0 saturated carbocycles. The first-order chi connectivity index (χ1) is 9.06. The number of hydrogen-bond acceptors (Lipinski definition) is 4. The fourth-order valence-corrected chi connectivity index (χ4v) is 1.78.